The van der Waals surface area contributed by atoms with Gasteiger partial charge in [-0.2, -0.15) is 0 Å². The molecule has 12 heavy (non-hydrogen) atoms. The third-order valence-electron chi connectivity index (χ3n) is 2.58. The number of hydrogen-bond acceptors (Lipinski definition) is 1. The highest BCUT2D eigenvalue weighted by Crippen LogP contribution is 2.18. The molecule has 1 atom stereocenters. The molecule has 1 aliphatic heterocycles. The van der Waals surface area contributed by atoms with E-state index in [1.165, 1.54) is 35.9 Å². The first-order chi connectivity index (χ1) is 5.70. The van der Waals surface area contributed by atoms with Gasteiger partial charge in [-0.3, -0.25) is 0 Å². The normalized spacial score (nSPS) is 24.0. The summed E-state index contributed by atoms with van der Waals surface area (Å²) in [5.41, 5.74) is 1.62. The third kappa shape index (κ3) is 4.07. The lowest BCUT2D eigenvalue weighted by molar-refractivity contribution is 0.389. The van der Waals surface area contributed by atoms with Crippen molar-refractivity contribution < 1.29 is 4.74 Å². The van der Waals surface area contributed by atoms with Crippen molar-refractivity contribution >= 4 is 10.2 Å². The van der Waals surface area contributed by atoms with Crippen LogP contribution in [-0.2, 0) is 4.74 Å². The minimum Gasteiger partial charge on any atom is -0.373 e. The van der Waals surface area contributed by atoms with Crippen LogP contribution in [0.2, 0.25) is 0 Å². The van der Waals surface area contributed by atoms with Crippen LogP contribution in [0.3, 0.4) is 0 Å². The van der Waals surface area contributed by atoms with Crippen LogP contribution in [0.5, 0.6) is 0 Å². The molecular weight excluding hydrogens is 164 g/mol. The maximum Gasteiger partial charge on any atom is 0.0810 e. The lowest BCUT2D eigenvalue weighted by Gasteiger charge is -2.02. The summed E-state index contributed by atoms with van der Waals surface area (Å²) in [5.74, 6) is 0. The number of hydrogen-bond donors (Lipinski definition) is 0. The molecule has 1 unspecified atom stereocenters. The topological polar surface area (TPSA) is 12.5 Å². The molecule has 1 rings (SSSR count). The largest absolute Gasteiger partial charge is 0.373 e. The summed E-state index contributed by atoms with van der Waals surface area (Å²) >= 11 is 0. The van der Waals surface area contributed by atoms with Crippen molar-refractivity contribution in [3.05, 3.63) is 10.8 Å². The van der Waals surface area contributed by atoms with Crippen LogP contribution >= 0.6 is 0 Å². The third-order valence-corrected chi connectivity index (χ3v) is 3.44. The van der Waals surface area contributed by atoms with Crippen LogP contribution < -0.4 is 0 Å². The Bertz CT molecular complexity index is 167. The average Bonchev–Trinajstić information content (AvgIpc) is 2.80. The zero-order chi connectivity index (χ0) is 8.97. The minimum atomic E-state index is 0.631. The lowest BCUT2D eigenvalue weighted by atomic mass is 10.1. The molecule has 0 spiro atoms. The molecule has 1 fully saturated rings. The van der Waals surface area contributed by atoms with Crippen molar-refractivity contribution in [2.75, 3.05) is 6.61 Å². The van der Waals surface area contributed by atoms with E-state index in [0.717, 1.165) is 6.61 Å². The first-order valence-electron chi connectivity index (χ1n) is 4.94. The molecule has 0 aromatic heterocycles. The van der Waals surface area contributed by atoms with Gasteiger partial charge in [0.15, 0.2) is 0 Å². The molecular formula is C10H20OSi. The fourth-order valence-corrected chi connectivity index (χ4v) is 1.50. The Morgan fingerprint density at radius 2 is 2.08 bits per heavy atom. The predicted molar refractivity (Wildman–Crippen MR) is 56.5 cm³/mol. The highest BCUT2D eigenvalue weighted by atomic mass is 28.1. The quantitative estimate of drug-likeness (QED) is 0.359. The first-order valence-corrected chi connectivity index (χ1v) is 5.94. The average molecular weight is 184 g/mol. The molecule has 1 saturated heterocycles. The number of unbranched alkanes of at least 4 members (excludes halogenated alkanes) is 1. The minimum absolute atomic E-state index is 0.631. The van der Waals surface area contributed by atoms with Gasteiger partial charge in [-0.05, 0) is 33.1 Å². The van der Waals surface area contributed by atoms with E-state index >= 15 is 0 Å². The van der Waals surface area contributed by atoms with Gasteiger partial charge >= 0.3 is 0 Å². The van der Waals surface area contributed by atoms with Crippen molar-refractivity contribution in [2.24, 2.45) is 0 Å². The second-order valence-corrected chi connectivity index (χ2v) is 5.48. The van der Waals surface area contributed by atoms with Gasteiger partial charge < -0.3 is 4.74 Å². The standard InChI is InChI=1S/C10H20OSi/c1-8(9(2)12)5-3-4-6-10-7-11-10/h10H,3-7H2,1-2,12H3. The monoisotopic (exact) mass is 184 g/mol. The van der Waals surface area contributed by atoms with E-state index in [1.807, 2.05) is 0 Å². The van der Waals surface area contributed by atoms with Crippen LogP contribution in [0.25, 0.3) is 0 Å². The number of allylic oxidation sites excluding steroid dienone is 2. The van der Waals surface area contributed by atoms with Crippen LogP contribution in [0, 0.1) is 0 Å². The van der Waals surface area contributed by atoms with Gasteiger partial charge in [0.2, 0.25) is 0 Å². The molecule has 0 aromatic carbocycles. The smallest absolute Gasteiger partial charge is 0.0810 e. The van der Waals surface area contributed by atoms with Gasteiger partial charge in [-0.15, -0.1) is 0 Å². The van der Waals surface area contributed by atoms with E-state index < -0.39 is 0 Å². The van der Waals surface area contributed by atoms with Crippen molar-refractivity contribution in [3.63, 3.8) is 0 Å². The molecule has 0 N–H and O–H groups in total. The molecule has 1 aliphatic rings. The zero-order valence-corrected chi connectivity index (χ0v) is 10.5. The molecule has 0 bridgehead atoms. The van der Waals surface area contributed by atoms with Crippen molar-refractivity contribution in [1.82, 2.24) is 0 Å². The lowest BCUT2D eigenvalue weighted by Crippen LogP contribution is -1.88. The van der Waals surface area contributed by atoms with Gasteiger partial charge in [-0.25, -0.2) is 0 Å². The number of ether oxygens (including phenoxy) is 1. The predicted octanol–water partition coefficient (Wildman–Crippen LogP) is 1.60. The van der Waals surface area contributed by atoms with E-state index in [9.17, 15) is 0 Å². The van der Waals surface area contributed by atoms with Crippen LogP contribution in [0.15, 0.2) is 10.8 Å². The summed E-state index contributed by atoms with van der Waals surface area (Å²) < 4.78 is 5.16. The van der Waals surface area contributed by atoms with Crippen LogP contribution in [-0.4, -0.2) is 23.0 Å². The van der Waals surface area contributed by atoms with Crippen LogP contribution in [0.4, 0.5) is 0 Å². The van der Waals surface area contributed by atoms with Gasteiger partial charge in [0.25, 0.3) is 0 Å². The fraction of sp³-hybridized carbons (Fsp3) is 0.800. The Morgan fingerprint density at radius 3 is 2.58 bits per heavy atom. The Hall–Kier alpha value is -0.0831. The van der Waals surface area contributed by atoms with Gasteiger partial charge in [-0.1, -0.05) is 17.2 Å². The van der Waals surface area contributed by atoms with Crippen molar-refractivity contribution in [2.45, 2.75) is 45.6 Å². The summed E-state index contributed by atoms with van der Waals surface area (Å²) in [6, 6.07) is 0. The molecule has 0 amide bonds. The first kappa shape index (κ1) is 10.0. The zero-order valence-electron chi connectivity index (χ0n) is 8.52. The second kappa shape index (κ2) is 4.82. The number of epoxide rings is 1. The van der Waals surface area contributed by atoms with E-state index in [1.54, 1.807) is 10.8 Å². The second-order valence-electron chi connectivity index (χ2n) is 3.98. The van der Waals surface area contributed by atoms with E-state index in [4.69, 9.17) is 4.74 Å². The van der Waals surface area contributed by atoms with E-state index in [-0.39, 0.29) is 0 Å². The maximum atomic E-state index is 5.16. The van der Waals surface area contributed by atoms with Crippen molar-refractivity contribution in [3.8, 4) is 0 Å². The van der Waals surface area contributed by atoms with Gasteiger partial charge in [0.1, 0.15) is 0 Å². The summed E-state index contributed by atoms with van der Waals surface area (Å²) in [6.45, 7) is 5.55. The Kier molecular flexibility index (Phi) is 4.02. The highest BCUT2D eigenvalue weighted by molar-refractivity contribution is 6.21. The van der Waals surface area contributed by atoms with Crippen molar-refractivity contribution in [1.29, 1.82) is 0 Å². The summed E-state index contributed by atoms with van der Waals surface area (Å²) in [5, 5.41) is 1.62. The van der Waals surface area contributed by atoms with Gasteiger partial charge in [0.05, 0.1) is 12.7 Å². The Morgan fingerprint density at radius 1 is 1.42 bits per heavy atom. The number of rotatable bonds is 5. The molecule has 0 saturated carbocycles. The van der Waals surface area contributed by atoms with Crippen LogP contribution in [0.1, 0.15) is 39.5 Å². The molecule has 1 nitrogen and oxygen atoms in total. The summed E-state index contributed by atoms with van der Waals surface area (Å²) in [4.78, 5) is 0. The highest BCUT2D eigenvalue weighted by Gasteiger charge is 2.20. The Balaban J connectivity index is 1.97. The fourth-order valence-electron chi connectivity index (χ4n) is 1.25. The molecule has 2 heteroatoms. The van der Waals surface area contributed by atoms with Gasteiger partial charge in [0, 0.05) is 10.2 Å². The SMILES string of the molecule is CC([SiH3])=C(C)CCCCC1CO1. The van der Waals surface area contributed by atoms with E-state index in [0.29, 0.717) is 6.10 Å². The maximum absolute atomic E-state index is 5.16. The summed E-state index contributed by atoms with van der Waals surface area (Å²) in [7, 11) is 1.24. The molecule has 1 heterocycles. The summed E-state index contributed by atoms with van der Waals surface area (Å²) in [6.07, 6.45) is 5.92. The molecule has 0 aromatic rings. The molecule has 70 valence electrons. The van der Waals surface area contributed by atoms with E-state index in [2.05, 4.69) is 13.8 Å². The Labute approximate surface area is 78.6 Å². The molecule has 0 radical (unpaired) electrons. The molecule has 0 aliphatic carbocycles.